The zero-order chi connectivity index (χ0) is 17.0. The molecule has 4 heteroatoms. The second-order valence-corrected chi connectivity index (χ2v) is 5.31. The zero-order valence-corrected chi connectivity index (χ0v) is 14.6. The second-order valence-electron chi connectivity index (χ2n) is 5.31. The summed E-state index contributed by atoms with van der Waals surface area (Å²) >= 11 is 0. The van der Waals surface area contributed by atoms with Crippen LogP contribution in [-0.2, 0) is 9.53 Å². The fraction of sp³-hybridized carbons (Fsp3) is 0.611. The summed E-state index contributed by atoms with van der Waals surface area (Å²) in [6.45, 7) is 7.76. The van der Waals surface area contributed by atoms with E-state index in [9.17, 15) is 4.79 Å². The molecule has 0 atom stereocenters. The van der Waals surface area contributed by atoms with E-state index < -0.39 is 5.97 Å². The normalized spacial score (nSPS) is 15.8. The molecule has 0 unspecified atom stereocenters. The predicted octanol–water partition coefficient (Wildman–Crippen LogP) is 4.71. The lowest BCUT2D eigenvalue weighted by Gasteiger charge is -2.03. The number of esters is 1. The summed E-state index contributed by atoms with van der Waals surface area (Å²) in [4.78, 5) is 15.5. The molecule has 1 aliphatic carbocycles. The third kappa shape index (κ3) is 8.55. The van der Waals surface area contributed by atoms with Crippen molar-refractivity contribution in [2.45, 2.75) is 59.8 Å². The predicted molar refractivity (Wildman–Crippen MR) is 93.7 cm³/mol. The average Bonchev–Trinajstić information content (AvgIpc) is 3.32. The molecule has 1 saturated carbocycles. The molecular weight excluding hydrogens is 276 g/mol. The van der Waals surface area contributed by atoms with Crippen molar-refractivity contribution in [3.63, 3.8) is 0 Å². The number of aliphatic imine (C=N–C) groups is 1. The van der Waals surface area contributed by atoms with Gasteiger partial charge in [-0.25, -0.2) is 9.79 Å². The number of allylic oxidation sites excluding steroid dienone is 3. The number of carbonyl (C=O) groups excluding carboxylic acids is 1. The molecule has 0 spiro atoms. The molecule has 0 bridgehead atoms. The number of ether oxygens (including phenoxy) is 1. The molecule has 1 N–H and O–H groups in total. The lowest BCUT2D eigenvalue weighted by molar-refractivity contribution is -0.136. The van der Waals surface area contributed by atoms with Crippen molar-refractivity contribution in [1.82, 2.24) is 0 Å². The van der Waals surface area contributed by atoms with Crippen LogP contribution in [0.4, 0.5) is 0 Å². The van der Waals surface area contributed by atoms with E-state index in [0.29, 0.717) is 17.7 Å². The molecule has 0 aromatic carbocycles. The van der Waals surface area contributed by atoms with Crippen LogP contribution in [0.25, 0.3) is 0 Å². The number of hydrogen-bond acceptors (Lipinski definition) is 4. The minimum absolute atomic E-state index is 0.281. The van der Waals surface area contributed by atoms with Gasteiger partial charge in [0.25, 0.3) is 0 Å². The molecule has 0 aromatic rings. The minimum Gasteiger partial charge on any atom is -0.464 e. The Hall–Kier alpha value is -1.71. The van der Waals surface area contributed by atoms with Crippen molar-refractivity contribution >= 4 is 17.9 Å². The van der Waals surface area contributed by atoms with Crippen LogP contribution >= 0.6 is 0 Å². The molecule has 0 saturated heterocycles. The van der Waals surface area contributed by atoms with Crippen LogP contribution in [0.2, 0.25) is 0 Å². The van der Waals surface area contributed by atoms with E-state index in [1.807, 2.05) is 13.8 Å². The van der Waals surface area contributed by atoms with Crippen molar-refractivity contribution in [3.05, 3.63) is 23.4 Å². The maximum atomic E-state index is 11.4. The van der Waals surface area contributed by atoms with Gasteiger partial charge in [0.15, 0.2) is 0 Å². The maximum Gasteiger partial charge on any atom is 0.356 e. The molecule has 0 aromatic heterocycles. The summed E-state index contributed by atoms with van der Waals surface area (Å²) in [5, 5.41) is 7.18. The lowest BCUT2D eigenvalue weighted by Crippen LogP contribution is -2.07. The number of rotatable bonds is 7. The summed E-state index contributed by atoms with van der Waals surface area (Å²) in [6.07, 6.45) is 11.3. The summed E-state index contributed by atoms with van der Waals surface area (Å²) in [7, 11) is 1.32. The number of nitrogens with one attached hydrogen (secondary N) is 1. The van der Waals surface area contributed by atoms with Crippen molar-refractivity contribution in [1.29, 1.82) is 5.41 Å². The smallest absolute Gasteiger partial charge is 0.356 e. The molecular formula is C18H30N2O2. The monoisotopic (exact) mass is 306 g/mol. The molecule has 0 amide bonds. The van der Waals surface area contributed by atoms with Crippen LogP contribution in [0.3, 0.4) is 0 Å². The van der Waals surface area contributed by atoms with Gasteiger partial charge in [-0.05, 0) is 26.2 Å². The molecule has 1 fully saturated rings. The zero-order valence-electron chi connectivity index (χ0n) is 14.6. The molecule has 1 rings (SSSR count). The second kappa shape index (κ2) is 11.9. The third-order valence-corrected chi connectivity index (χ3v) is 3.36. The Labute approximate surface area is 134 Å². The Kier molecular flexibility index (Phi) is 11.0. The first-order chi connectivity index (χ1) is 10.5. The van der Waals surface area contributed by atoms with Gasteiger partial charge < -0.3 is 10.1 Å². The maximum absolute atomic E-state index is 11.4. The number of nitrogens with zero attached hydrogens (tertiary/aromatic N) is 1. The van der Waals surface area contributed by atoms with Crippen molar-refractivity contribution < 1.29 is 9.53 Å². The van der Waals surface area contributed by atoms with Crippen molar-refractivity contribution in [2.75, 3.05) is 7.11 Å². The summed E-state index contributed by atoms with van der Waals surface area (Å²) in [5.41, 5.74) is 1.59. The highest BCUT2D eigenvalue weighted by Crippen LogP contribution is 2.32. The number of carbonyl (C=O) groups is 1. The summed E-state index contributed by atoms with van der Waals surface area (Å²) < 4.78 is 4.62. The first-order valence-electron chi connectivity index (χ1n) is 8.04. The van der Waals surface area contributed by atoms with Crippen molar-refractivity contribution in [3.8, 4) is 0 Å². The minimum atomic E-state index is -0.457. The van der Waals surface area contributed by atoms with Crippen molar-refractivity contribution in [2.24, 2.45) is 10.9 Å². The first kappa shape index (κ1) is 20.3. The van der Waals surface area contributed by atoms with Crippen LogP contribution in [0.5, 0.6) is 0 Å². The van der Waals surface area contributed by atoms with Crippen LogP contribution in [0, 0.1) is 11.3 Å². The van der Waals surface area contributed by atoms with Gasteiger partial charge in [-0.3, -0.25) is 0 Å². The Bertz CT molecular complexity index is 444. The standard InChI is InChI=1S/C12H18N2O2.C6H12/c1-5-7-11(12(15)16-4)14-9(3)10(6-2)8-13;1-2-3-6-4-5-6/h6-8,13H,5H2,1-4H3;6H,2-5H2,1H3/b10-6-,11-7+,13-8?,14-9+;. The molecule has 0 radical (unpaired) electrons. The quantitative estimate of drug-likeness (QED) is 0.421. The summed E-state index contributed by atoms with van der Waals surface area (Å²) in [5.74, 6) is 0.691. The molecule has 0 heterocycles. The van der Waals surface area contributed by atoms with Gasteiger partial charge in [0, 0.05) is 17.5 Å². The first-order valence-corrected chi connectivity index (χ1v) is 8.04. The Morgan fingerprint density at radius 2 is 2.00 bits per heavy atom. The van der Waals surface area contributed by atoms with E-state index in [0.717, 1.165) is 5.92 Å². The topological polar surface area (TPSA) is 62.5 Å². The van der Waals surface area contributed by atoms with E-state index in [4.69, 9.17) is 5.41 Å². The fourth-order valence-electron chi connectivity index (χ4n) is 1.93. The van der Waals surface area contributed by atoms with E-state index in [1.54, 1.807) is 19.1 Å². The van der Waals surface area contributed by atoms with Crippen LogP contribution < -0.4 is 0 Å². The molecule has 124 valence electrons. The van der Waals surface area contributed by atoms with Gasteiger partial charge in [0.1, 0.15) is 5.70 Å². The fourth-order valence-corrected chi connectivity index (χ4v) is 1.93. The highest BCUT2D eigenvalue weighted by atomic mass is 16.5. The third-order valence-electron chi connectivity index (χ3n) is 3.36. The molecule has 4 nitrogen and oxygen atoms in total. The van der Waals surface area contributed by atoms with Crippen LogP contribution in [0.15, 0.2) is 28.4 Å². The van der Waals surface area contributed by atoms with Gasteiger partial charge in [0.2, 0.25) is 0 Å². The SMILES string of the molecule is CCCC1CC1.C\C=C(C=N)/C(C)=N/C(=C/CC)C(=O)OC. The Balaban J connectivity index is 0.000000604. The summed E-state index contributed by atoms with van der Waals surface area (Å²) in [6, 6.07) is 0. The van der Waals surface area contributed by atoms with E-state index in [2.05, 4.69) is 16.7 Å². The van der Waals surface area contributed by atoms with Gasteiger partial charge in [-0.1, -0.05) is 51.7 Å². The number of hydrogen-bond donors (Lipinski definition) is 1. The Morgan fingerprint density at radius 3 is 2.32 bits per heavy atom. The average molecular weight is 306 g/mol. The van der Waals surface area contributed by atoms with Gasteiger partial charge in [-0.2, -0.15) is 0 Å². The van der Waals surface area contributed by atoms with Crippen LogP contribution in [0.1, 0.15) is 59.8 Å². The largest absolute Gasteiger partial charge is 0.464 e. The van der Waals surface area contributed by atoms with Gasteiger partial charge in [0.05, 0.1) is 7.11 Å². The lowest BCUT2D eigenvalue weighted by atomic mass is 10.2. The van der Waals surface area contributed by atoms with Crippen LogP contribution in [-0.4, -0.2) is 25.0 Å². The Morgan fingerprint density at radius 1 is 1.36 bits per heavy atom. The van der Waals surface area contributed by atoms with Gasteiger partial charge >= 0.3 is 5.97 Å². The van der Waals surface area contributed by atoms with Gasteiger partial charge in [-0.15, -0.1) is 0 Å². The van der Waals surface area contributed by atoms with E-state index in [-0.39, 0.29) is 5.70 Å². The molecule has 1 aliphatic rings. The molecule has 0 aliphatic heterocycles. The van der Waals surface area contributed by atoms with E-state index in [1.165, 1.54) is 39.0 Å². The molecule has 22 heavy (non-hydrogen) atoms. The highest BCUT2D eigenvalue weighted by Gasteiger charge is 2.18. The van der Waals surface area contributed by atoms with E-state index >= 15 is 0 Å². The number of methoxy groups -OCH3 is 1. The highest BCUT2D eigenvalue weighted by molar-refractivity contribution is 6.15.